The van der Waals surface area contributed by atoms with Gasteiger partial charge in [-0.15, -0.1) is 0 Å². The number of nitrogens with zero attached hydrogens (tertiary/aromatic N) is 2. The number of ether oxygens (including phenoxy) is 1. The van der Waals surface area contributed by atoms with E-state index in [0.717, 1.165) is 16.7 Å². The van der Waals surface area contributed by atoms with Gasteiger partial charge in [0.15, 0.2) is 0 Å². The summed E-state index contributed by atoms with van der Waals surface area (Å²) in [6.45, 7) is 5.09. The summed E-state index contributed by atoms with van der Waals surface area (Å²) in [6.07, 6.45) is 3.38. The Labute approximate surface area is 139 Å². The van der Waals surface area contributed by atoms with E-state index in [0.29, 0.717) is 10.7 Å². The third-order valence-electron chi connectivity index (χ3n) is 3.17. The Morgan fingerprint density at radius 2 is 2.04 bits per heavy atom. The minimum atomic E-state index is -0.363. The van der Waals surface area contributed by atoms with Crippen LogP contribution < -0.4 is 4.74 Å². The highest BCUT2D eigenvalue weighted by Gasteiger charge is 2.20. The van der Waals surface area contributed by atoms with Crippen LogP contribution in [0.25, 0.3) is 6.08 Å². The highest BCUT2D eigenvalue weighted by Crippen LogP contribution is 2.30. The zero-order valence-corrected chi connectivity index (χ0v) is 13.9. The zero-order valence-electron chi connectivity index (χ0n) is 13.1. The van der Waals surface area contributed by atoms with Gasteiger partial charge in [-0.25, -0.2) is 0 Å². The Balaban J connectivity index is 2.33. The first-order valence-corrected chi connectivity index (χ1v) is 7.83. The number of thioether (sulfide) groups is 1. The molecule has 23 heavy (non-hydrogen) atoms. The van der Waals surface area contributed by atoms with Gasteiger partial charge in [0.05, 0.1) is 11.0 Å². The van der Waals surface area contributed by atoms with Gasteiger partial charge in [-0.3, -0.25) is 9.59 Å². The summed E-state index contributed by atoms with van der Waals surface area (Å²) < 4.78 is 5.20. The predicted octanol–water partition coefficient (Wildman–Crippen LogP) is 3.14. The number of carbonyl (C=O) groups is 2. The Morgan fingerprint density at radius 1 is 1.39 bits per heavy atom. The van der Waals surface area contributed by atoms with E-state index in [-0.39, 0.29) is 18.4 Å². The van der Waals surface area contributed by atoms with Gasteiger partial charge in [-0.05, 0) is 54.2 Å². The summed E-state index contributed by atoms with van der Waals surface area (Å²) in [7, 11) is 0. The van der Waals surface area contributed by atoms with Gasteiger partial charge < -0.3 is 9.64 Å². The minimum absolute atomic E-state index is 0.0245. The van der Waals surface area contributed by atoms with Gasteiger partial charge in [0.1, 0.15) is 12.3 Å². The number of rotatable bonds is 3. The van der Waals surface area contributed by atoms with Gasteiger partial charge in [0.25, 0.3) is 5.91 Å². The molecule has 5 nitrogen and oxygen atoms in total. The molecule has 2 rings (SSSR count). The second-order valence-corrected chi connectivity index (χ2v) is 6.03. The fraction of sp³-hybridized carbons (Fsp3) is 0.235. The first-order valence-electron chi connectivity index (χ1n) is 6.95. The van der Waals surface area contributed by atoms with Crippen LogP contribution in [0.5, 0.6) is 5.75 Å². The van der Waals surface area contributed by atoms with Crippen molar-refractivity contribution in [3.63, 3.8) is 0 Å². The molecule has 0 saturated carbocycles. The summed E-state index contributed by atoms with van der Waals surface area (Å²) in [5.74, 6) is -0.00991. The van der Waals surface area contributed by atoms with Crippen molar-refractivity contribution in [3.8, 4) is 11.8 Å². The van der Waals surface area contributed by atoms with E-state index in [2.05, 4.69) is 0 Å². The summed E-state index contributed by atoms with van der Waals surface area (Å²) in [5, 5.41) is 10.5. The molecule has 0 atom stereocenters. The molecule has 1 aromatic rings. The van der Waals surface area contributed by atoms with Gasteiger partial charge >= 0.3 is 5.97 Å². The Bertz CT molecular complexity index is 737. The average molecular weight is 328 g/mol. The maximum atomic E-state index is 12.3. The maximum Gasteiger partial charge on any atom is 0.308 e. The molecular weight excluding hydrogens is 312 g/mol. The number of nitriles is 1. The van der Waals surface area contributed by atoms with Crippen molar-refractivity contribution in [3.05, 3.63) is 45.3 Å². The number of aryl methyl sites for hydroxylation is 2. The molecular formula is C17H16N2O3S. The molecule has 0 aromatic heterocycles. The third-order valence-corrected chi connectivity index (χ3v) is 3.98. The molecule has 1 heterocycles. The highest BCUT2D eigenvalue weighted by molar-refractivity contribution is 8.06. The first-order chi connectivity index (χ1) is 10.9. The predicted molar refractivity (Wildman–Crippen MR) is 89.3 cm³/mol. The van der Waals surface area contributed by atoms with E-state index in [1.807, 2.05) is 32.0 Å². The molecule has 1 aromatic carbocycles. The van der Waals surface area contributed by atoms with Gasteiger partial charge in [0, 0.05) is 13.1 Å². The lowest BCUT2D eigenvalue weighted by Gasteiger charge is -2.20. The second-order valence-electron chi connectivity index (χ2n) is 5.08. The van der Waals surface area contributed by atoms with Gasteiger partial charge in [0.2, 0.25) is 0 Å². The van der Waals surface area contributed by atoms with Crippen LogP contribution in [0.15, 0.2) is 28.6 Å². The number of hydrogen-bond acceptors (Lipinski definition) is 5. The third kappa shape index (κ3) is 4.02. The van der Waals surface area contributed by atoms with E-state index >= 15 is 0 Å². The summed E-state index contributed by atoms with van der Waals surface area (Å²) in [6, 6.07) is 5.69. The molecule has 1 aliphatic rings. The van der Waals surface area contributed by atoms with Crippen LogP contribution in [-0.2, 0) is 9.59 Å². The fourth-order valence-corrected chi connectivity index (χ4v) is 3.03. The van der Waals surface area contributed by atoms with Crippen molar-refractivity contribution in [2.45, 2.75) is 20.8 Å². The van der Waals surface area contributed by atoms with Crippen LogP contribution in [-0.4, -0.2) is 23.3 Å². The van der Waals surface area contributed by atoms with Crippen molar-refractivity contribution < 1.29 is 14.3 Å². The van der Waals surface area contributed by atoms with E-state index in [9.17, 15) is 9.59 Å². The smallest absolute Gasteiger partial charge is 0.308 e. The van der Waals surface area contributed by atoms with E-state index < -0.39 is 0 Å². The zero-order chi connectivity index (χ0) is 17.0. The standard InChI is InChI=1S/C17H16N2O3S/c1-11-8-14(9-12(2)16(11)22-13(3)20)10-15-17(21)19(5-4-18)6-7-23-15/h6-10H,5H2,1-3H3/b15-10-. The van der Waals surface area contributed by atoms with Gasteiger partial charge in [-0.2, -0.15) is 5.26 Å². The van der Waals surface area contributed by atoms with Crippen LogP contribution in [0.2, 0.25) is 0 Å². The van der Waals surface area contributed by atoms with Crippen molar-refractivity contribution in [2.24, 2.45) is 0 Å². The molecule has 0 N–H and O–H groups in total. The minimum Gasteiger partial charge on any atom is -0.426 e. The number of amides is 1. The van der Waals surface area contributed by atoms with Crippen molar-refractivity contribution >= 4 is 29.7 Å². The Kier molecular flexibility index (Phi) is 5.24. The van der Waals surface area contributed by atoms with Crippen molar-refractivity contribution in [1.29, 1.82) is 5.26 Å². The van der Waals surface area contributed by atoms with E-state index in [4.69, 9.17) is 10.00 Å². The molecule has 118 valence electrons. The average Bonchev–Trinajstić information content (AvgIpc) is 2.47. The number of benzene rings is 1. The van der Waals surface area contributed by atoms with Crippen LogP contribution in [0.4, 0.5) is 0 Å². The fourth-order valence-electron chi connectivity index (χ4n) is 2.26. The monoisotopic (exact) mass is 328 g/mol. The topological polar surface area (TPSA) is 70.4 Å². The molecule has 1 aliphatic heterocycles. The Hall–Kier alpha value is -2.52. The largest absolute Gasteiger partial charge is 0.426 e. The summed E-state index contributed by atoms with van der Waals surface area (Å²) in [5.41, 5.74) is 2.49. The van der Waals surface area contributed by atoms with Crippen molar-refractivity contribution in [2.75, 3.05) is 6.54 Å². The van der Waals surface area contributed by atoms with Gasteiger partial charge in [-0.1, -0.05) is 11.8 Å². The molecule has 0 radical (unpaired) electrons. The SMILES string of the molecule is CC(=O)Oc1c(C)cc(/C=C2\SC=CN(CC#N)C2=O)cc1C. The summed E-state index contributed by atoms with van der Waals surface area (Å²) in [4.78, 5) is 25.3. The number of hydrogen-bond donors (Lipinski definition) is 0. The Morgan fingerprint density at radius 3 is 2.61 bits per heavy atom. The highest BCUT2D eigenvalue weighted by atomic mass is 32.2. The molecule has 0 saturated heterocycles. The lowest BCUT2D eigenvalue weighted by Crippen LogP contribution is -2.28. The maximum absolute atomic E-state index is 12.3. The molecule has 0 spiro atoms. The lowest BCUT2D eigenvalue weighted by atomic mass is 10.1. The number of esters is 1. The lowest BCUT2D eigenvalue weighted by molar-refractivity contribution is -0.132. The molecule has 0 bridgehead atoms. The number of carbonyl (C=O) groups excluding carboxylic acids is 2. The van der Waals surface area contributed by atoms with E-state index in [1.165, 1.54) is 23.6 Å². The normalized spacial score (nSPS) is 15.7. The first kappa shape index (κ1) is 16.8. The molecule has 0 fully saturated rings. The second kappa shape index (κ2) is 7.16. The van der Waals surface area contributed by atoms with E-state index in [1.54, 1.807) is 17.7 Å². The van der Waals surface area contributed by atoms with Crippen molar-refractivity contribution in [1.82, 2.24) is 4.90 Å². The summed E-state index contributed by atoms with van der Waals surface area (Å²) >= 11 is 1.32. The van der Waals surface area contributed by atoms with Crippen LogP contribution in [0.3, 0.4) is 0 Å². The quantitative estimate of drug-likeness (QED) is 0.369. The van der Waals surface area contributed by atoms with Crippen LogP contribution in [0, 0.1) is 25.2 Å². The molecule has 6 heteroatoms. The van der Waals surface area contributed by atoms with Crippen LogP contribution >= 0.6 is 11.8 Å². The van der Waals surface area contributed by atoms with Crippen LogP contribution in [0.1, 0.15) is 23.6 Å². The molecule has 0 unspecified atom stereocenters. The molecule has 0 aliphatic carbocycles. The molecule has 1 amide bonds.